The van der Waals surface area contributed by atoms with Crippen LogP contribution in [-0.2, 0) is 6.42 Å². The summed E-state index contributed by atoms with van der Waals surface area (Å²) < 4.78 is 5.13. The molecule has 0 saturated heterocycles. The van der Waals surface area contributed by atoms with Crippen molar-refractivity contribution in [3.8, 4) is 11.8 Å². The third-order valence-electron chi connectivity index (χ3n) is 2.43. The van der Waals surface area contributed by atoms with Crippen molar-refractivity contribution in [2.45, 2.75) is 12.5 Å². The van der Waals surface area contributed by atoms with E-state index in [0.29, 0.717) is 11.3 Å². The number of nitrogens with one attached hydrogen (secondary N) is 1. The quantitative estimate of drug-likeness (QED) is 0.715. The van der Waals surface area contributed by atoms with Gasteiger partial charge < -0.3 is 20.3 Å². The zero-order valence-electron chi connectivity index (χ0n) is 9.88. The average Bonchev–Trinajstić information content (AvgIpc) is 2.37. The summed E-state index contributed by atoms with van der Waals surface area (Å²) in [6.07, 6.45) is -0.904. The lowest BCUT2D eigenvalue weighted by atomic mass is 10.0. The molecule has 0 aromatic heterocycles. The number of ether oxygens (including phenoxy) is 1. The van der Waals surface area contributed by atoms with Crippen LogP contribution in [0.2, 0.25) is 0 Å². The molecule has 1 unspecified atom stereocenters. The van der Waals surface area contributed by atoms with Crippen molar-refractivity contribution >= 4 is 6.09 Å². The number of aliphatic hydroxyl groups excluding tert-OH is 1. The molecule has 1 atom stereocenters. The fraction of sp³-hybridized carbons (Fsp3) is 0.333. The number of carbonyl (C=O) groups is 1. The first-order chi connectivity index (χ1) is 8.60. The summed E-state index contributed by atoms with van der Waals surface area (Å²) in [4.78, 5) is 10.5. The van der Waals surface area contributed by atoms with Crippen LogP contribution < -0.4 is 10.1 Å². The minimum absolute atomic E-state index is 0.289. The van der Waals surface area contributed by atoms with Gasteiger partial charge in [-0.25, -0.2) is 4.79 Å². The van der Waals surface area contributed by atoms with Crippen molar-refractivity contribution in [3.05, 3.63) is 29.3 Å². The Kier molecular flexibility index (Phi) is 4.96. The second kappa shape index (κ2) is 6.47. The molecule has 0 aliphatic carbocycles. The maximum atomic E-state index is 10.5. The average molecular weight is 250 g/mol. The summed E-state index contributed by atoms with van der Waals surface area (Å²) in [5, 5.41) is 28.7. The number of hydrogen-bond acceptors (Lipinski definition) is 4. The molecule has 0 radical (unpaired) electrons. The number of methoxy groups -OCH3 is 1. The summed E-state index contributed by atoms with van der Waals surface area (Å²) in [6, 6.07) is 6.26. The summed E-state index contributed by atoms with van der Waals surface area (Å²) in [5.41, 5.74) is 1.19. The van der Waals surface area contributed by atoms with E-state index < -0.39 is 12.1 Å². The number of aliphatic hydroxyl groups is 1. The Bertz CT molecular complexity index is 468. The highest BCUT2D eigenvalue weighted by Crippen LogP contribution is 2.21. The molecule has 0 saturated carbocycles. The topological polar surface area (TPSA) is 103 Å². The van der Waals surface area contributed by atoms with Crippen LogP contribution in [0.15, 0.2) is 18.2 Å². The van der Waals surface area contributed by atoms with Crippen molar-refractivity contribution in [2.24, 2.45) is 0 Å². The van der Waals surface area contributed by atoms with Gasteiger partial charge in [-0.15, -0.1) is 0 Å². The van der Waals surface area contributed by atoms with Crippen molar-refractivity contribution in [1.29, 1.82) is 5.26 Å². The third-order valence-corrected chi connectivity index (χ3v) is 2.43. The zero-order chi connectivity index (χ0) is 13.5. The molecular weight excluding hydrogens is 236 g/mol. The van der Waals surface area contributed by atoms with Gasteiger partial charge >= 0.3 is 6.09 Å². The second-order valence-corrected chi connectivity index (χ2v) is 3.67. The first-order valence-electron chi connectivity index (χ1n) is 5.28. The molecule has 0 fully saturated rings. The van der Waals surface area contributed by atoms with E-state index in [9.17, 15) is 4.79 Å². The summed E-state index contributed by atoms with van der Waals surface area (Å²) in [5.74, 6) is 0.500. The van der Waals surface area contributed by atoms with E-state index in [1.54, 1.807) is 18.2 Å². The predicted molar refractivity (Wildman–Crippen MR) is 63.4 cm³/mol. The Hall–Kier alpha value is -2.26. The molecule has 0 aliphatic rings. The summed E-state index contributed by atoms with van der Waals surface area (Å²) >= 11 is 0. The molecule has 6 heteroatoms. The lowest BCUT2D eigenvalue weighted by Crippen LogP contribution is -2.38. The molecule has 0 bridgehead atoms. The van der Waals surface area contributed by atoms with Crippen molar-refractivity contribution in [1.82, 2.24) is 5.32 Å². The Morgan fingerprint density at radius 2 is 2.33 bits per heavy atom. The van der Waals surface area contributed by atoms with Crippen LogP contribution in [0.1, 0.15) is 11.1 Å². The number of rotatable bonds is 5. The molecule has 1 amide bonds. The smallest absolute Gasteiger partial charge is 0.404 e. The first kappa shape index (κ1) is 13.8. The lowest BCUT2D eigenvalue weighted by Gasteiger charge is -2.16. The SMILES string of the molecule is COc1cc(C#N)ccc1CC(CO)NC(=O)O. The van der Waals surface area contributed by atoms with Crippen LogP contribution >= 0.6 is 0 Å². The fourth-order valence-electron chi connectivity index (χ4n) is 1.58. The van der Waals surface area contributed by atoms with Crippen LogP contribution in [0.25, 0.3) is 0 Å². The highest BCUT2D eigenvalue weighted by molar-refractivity contribution is 5.65. The number of hydrogen-bond donors (Lipinski definition) is 3. The van der Waals surface area contributed by atoms with Gasteiger partial charge in [0.05, 0.1) is 31.4 Å². The standard InChI is InChI=1S/C12H14N2O4/c1-18-11-4-8(6-13)2-3-9(11)5-10(7-15)14-12(16)17/h2-4,10,14-15H,5,7H2,1H3,(H,16,17). The van der Waals surface area contributed by atoms with E-state index in [2.05, 4.69) is 5.32 Å². The van der Waals surface area contributed by atoms with Crippen LogP contribution in [0, 0.1) is 11.3 Å². The molecule has 18 heavy (non-hydrogen) atoms. The third kappa shape index (κ3) is 3.64. The van der Waals surface area contributed by atoms with Gasteiger partial charge in [-0.1, -0.05) is 6.07 Å². The van der Waals surface area contributed by atoms with Crippen LogP contribution in [0.5, 0.6) is 5.75 Å². The molecule has 1 aromatic carbocycles. The predicted octanol–water partition coefficient (Wildman–Crippen LogP) is 0.738. The monoisotopic (exact) mass is 250 g/mol. The van der Waals surface area contributed by atoms with Gasteiger partial charge in [0, 0.05) is 0 Å². The molecule has 0 heterocycles. The van der Waals surface area contributed by atoms with Gasteiger partial charge in [0.1, 0.15) is 5.75 Å². The summed E-state index contributed by atoms with van der Waals surface area (Å²) in [7, 11) is 1.47. The Morgan fingerprint density at radius 1 is 1.61 bits per heavy atom. The largest absolute Gasteiger partial charge is 0.496 e. The van der Waals surface area contributed by atoms with E-state index in [-0.39, 0.29) is 13.0 Å². The van der Waals surface area contributed by atoms with Crippen molar-refractivity contribution in [3.63, 3.8) is 0 Å². The number of benzene rings is 1. The van der Waals surface area contributed by atoms with Gasteiger partial charge in [0.2, 0.25) is 0 Å². The Labute approximate surface area is 104 Å². The highest BCUT2D eigenvalue weighted by Gasteiger charge is 2.14. The van der Waals surface area contributed by atoms with Gasteiger partial charge in [-0.2, -0.15) is 5.26 Å². The maximum Gasteiger partial charge on any atom is 0.404 e. The van der Waals surface area contributed by atoms with Gasteiger partial charge in [-0.3, -0.25) is 0 Å². The van der Waals surface area contributed by atoms with E-state index in [1.165, 1.54) is 7.11 Å². The summed E-state index contributed by atoms with van der Waals surface area (Å²) in [6.45, 7) is -0.310. The molecule has 0 aliphatic heterocycles. The number of amides is 1. The Balaban J connectivity index is 2.89. The number of nitriles is 1. The van der Waals surface area contributed by atoms with Crippen molar-refractivity contribution < 1.29 is 19.7 Å². The van der Waals surface area contributed by atoms with Crippen molar-refractivity contribution in [2.75, 3.05) is 13.7 Å². The normalized spacial score (nSPS) is 11.4. The van der Waals surface area contributed by atoms with Crippen LogP contribution in [0.3, 0.4) is 0 Å². The fourth-order valence-corrected chi connectivity index (χ4v) is 1.58. The van der Waals surface area contributed by atoms with Gasteiger partial charge in [0.25, 0.3) is 0 Å². The highest BCUT2D eigenvalue weighted by atomic mass is 16.5. The van der Waals surface area contributed by atoms with Crippen LogP contribution in [0.4, 0.5) is 4.79 Å². The van der Waals surface area contributed by atoms with E-state index >= 15 is 0 Å². The molecule has 6 nitrogen and oxygen atoms in total. The first-order valence-corrected chi connectivity index (χ1v) is 5.28. The van der Waals surface area contributed by atoms with Crippen LogP contribution in [-0.4, -0.2) is 36.1 Å². The Morgan fingerprint density at radius 3 is 2.83 bits per heavy atom. The van der Waals surface area contributed by atoms with Gasteiger partial charge in [0.15, 0.2) is 0 Å². The molecule has 3 N–H and O–H groups in total. The minimum atomic E-state index is -1.19. The zero-order valence-corrected chi connectivity index (χ0v) is 9.88. The lowest BCUT2D eigenvalue weighted by molar-refractivity contribution is 0.177. The molecule has 1 rings (SSSR count). The van der Waals surface area contributed by atoms with Gasteiger partial charge in [-0.05, 0) is 24.1 Å². The van der Waals surface area contributed by atoms with E-state index in [0.717, 1.165) is 5.56 Å². The molecule has 0 spiro atoms. The number of carboxylic acid groups (broad SMARTS) is 1. The minimum Gasteiger partial charge on any atom is -0.496 e. The number of nitrogens with zero attached hydrogens (tertiary/aromatic N) is 1. The molecule has 1 aromatic rings. The molecule has 96 valence electrons. The van der Waals surface area contributed by atoms with E-state index in [1.807, 2.05) is 6.07 Å². The molecular formula is C12H14N2O4. The second-order valence-electron chi connectivity index (χ2n) is 3.67. The van der Waals surface area contributed by atoms with E-state index in [4.69, 9.17) is 20.2 Å². The maximum absolute atomic E-state index is 10.5.